The van der Waals surface area contributed by atoms with Crippen LogP contribution in [0.15, 0.2) is 0 Å². The van der Waals surface area contributed by atoms with Crippen LogP contribution in [-0.4, -0.2) is 61.8 Å². The summed E-state index contributed by atoms with van der Waals surface area (Å²) in [6.07, 6.45) is -1.05. The third-order valence-corrected chi connectivity index (χ3v) is 6.48. The van der Waals surface area contributed by atoms with Gasteiger partial charge in [0.1, 0.15) is 6.04 Å². The monoisotopic (exact) mass is 315 g/mol. The van der Waals surface area contributed by atoms with Crippen molar-refractivity contribution in [3.05, 3.63) is 0 Å². The van der Waals surface area contributed by atoms with Crippen LogP contribution in [0.2, 0.25) is 0 Å². The predicted octanol–water partition coefficient (Wildman–Crippen LogP) is -1.98. The second-order valence-electron chi connectivity index (χ2n) is 4.18. The number of sulfonamides is 1. The van der Waals surface area contributed by atoms with Crippen LogP contribution in [0.5, 0.6) is 0 Å². The fourth-order valence-electron chi connectivity index (χ4n) is 1.65. The Morgan fingerprint density at radius 2 is 1.89 bits per heavy atom. The second-order valence-corrected chi connectivity index (χ2v) is 8.40. The van der Waals surface area contributed by atoms with Crippen LogP contribution in [0, 0.1) is 0 Å². The first-order valence-corrected chi connectivity index (χ1v) is 8.56. The maximum atomic E-state index is 11.8. The molecule has 0 bridgehead atoms. The van der Waals surface area contributed by atoms with Gasteiger partial charge < -0.3 is 10.2 Å². The van der Waals surface area contributed by atoms with Crippen molar-refractivity contribution in [1.82, 2.24) is 4.72 Å². The zero-order chi connectivity index (χ0) is 14.8. The molecule has 11 heteroatoms. The van der Waals surface area contributed by atoms with Crippen molar-refractivity contribution in [3.8, 4) is 0 Å². The Morgan fingerprint density at radius 1 is 1.32 bits per heavy atom. The lowest BCUT2D eigenvalue weighted by molar-refractivity contribution is -0.145. The van der Waals surface area contributed by atoms with Crippen molar-refractivity contribution < 1.29 is 36.6 Å². The number of hydrogen-bond acceptors (Lipinski definition) is 6. The topological polar surface area (TPSA) is 155 Å². The van der Waals surface area contributed by atoms with Crippen LogP contribution in [0.25, 0.3) is 0 Å². The van der Waals surface area contributed by atoms with Gasteiger partial charge in [-0.15, -0.1) is 0 Å². The predicted molar refractivity (Wildman–Crippen MR) is 62.8 cm³/mol. The van der Waals surface area contributed by atoms with Crippen LogP contribution in [0.3, 0.4) is 0 Å². The highest BCUT2D eigenvalue weighted by atomic mass is 32.2. The normalized spacial score (nSPS) is 23.9. The molecule has 0 spiro atoms. The van der Waals surface area contributed by atoms with Gasteiger partial charge in [0, 0.05) is 0 Å². The van der Waals surface area contributed by atoms with Crippen LogP contribution in [0.1, 0.15) is 12.8 Å². The summed E-state index contributed by atoms with van der Waals surface area (Å²) in [5.41, 5.74) is 0. The molecule has 1 unspecified atom stereocenters. The van der Waals surface area contributed by atoms with E-state index in [2.05, 4.69) is 0 Å². The first-order chi connectivity index (χ1) is 8.53. The quantitative estimate of drug-likeness (QED) is 0.509. The minimum absolute atomic E-state index is 0.128. The van der Waals surface area contributed by atoms with E-state index in [1.165, 1.54) is 0 Å². The molecule has 0 aromatic carbocycles. The van der Waals surface area contributed by atoms with Crippen molar-refractivity contribution in [1.29, 1.82) is 0 Å². The van der Waals surface area contributed by atoms with E-state index in [9.17, 15) is 26.4 Å². The van der Waals surface area contributed by atoms with E-state index in [4.69, 9.17) is 10.2 Å². The van der Waals surface area contributed by atoms with Gasteiger partial charge in [-0.05, 0) is 6.42 Å². The number of nitrogens with one attached hydrogen (secondary N) is 1. The molecule has 3 N–H and O–H groups in total. The van der Waals surface area contributed by atoms with Gasteiger partial charge in [-0.25, -0.2) is 21.6 Å². The number of carbonyl (C=O) groups is 2. The summed E-state index contributed by atoms with van der Waals surface area (Å²) in [7, 11) is -7.63. The standard InChI is InChI=1S/C8H13NO8S2/c10-7(11)3-6(8(12)13)9-19(16,17)5-1-2-18(14,15)4-5/h5-6,9H,1-4H2,(H,10,11)(H,12,13)/t5?,6-/m0/s1. The minimum atomic E-state index is -4.19. The van der Waals surface area contributed by atoms with Crippen LogP contribution >= 0.6 is 0 Å². The molecule has 0 amide bonds. The molecule has 9 nitrogen and oxygen atoms in total. The summed E-state index contributed by atoms with van der Waals surface area (Å²) in [5.74, 6) is -3.97. The van der Waals surface area contributed by atoms with Gasteiger partial charge in [0.05, 0.1) is 23.2 Å². The summed E-state index contributed by atoms with van der Waals surface area (Å²) in [4.78, 5) is 21.2. The lowest BCUT2D eigenvalue weighted by atomic mass is 10.2. The Morgan fingerprint density at radius 3 is 2.26 bits per heavy atom. The number of hydrogen-bond donors (Lipinski definition) is 3. The molecular formula is C8H13NO8S2. The third kappa shape index (κ3) is 4.44. The van der Waals surface area contributed by atoms with Crippen molar-refractivity contribution in [2.45, 2.75) is 24.1 Å². The molecule has 1 fully saturated rings. The SMILES string of the molecule is O=C(O)C[C@H](NS(=O)(=O)C1CCS(=O)(=O)C1)C(=O)O. The largest absolute Gasteiger partial charge is 0.481 e. The summed E-state index contributed by atoms with van der Waals surface area (Å²) >= 11 is 0. The lowest BCUT2D eigenvalue weighted by Crippen LogP contribution is -2.46. The number of carboxylic acids is 2. The Hall–Kier alpha value is -1.20. The molecular weight excluding hydrogens is 302 g/mol. The number of aliphatic carboxylic acids is 2. The molecule has 1 heterocycles. The zero-order valence-electron chi connectivity index (χ0n) is 9.64. The molecule has 0 radical (unpaired) electrons. The van der Waals surface area contributed by atoms with Crippen LogP contribution in [0.4, 0.5) is 0 Å². The van der Waals surface area contributed by atoms with E-state index in [0.29, 0.717) is 0 Å². The highest BCUT2D eigenvalue weighted by molar-refractivity contribution is 7.95. The minimum Gasteiger partial charge on any atom is -0.481 e. The second kappa shape index (κ2) is 5.43. The van der Waals surface area contributed by atoms with Crippen molar-refractivity contribution in [2.75, 3.05) is 11.5 Å². The van der Waals surface area contributed by atoms with Crippen LogP contribution < -0.4 is 4.72 Å². The fourth-order valence-corrected chi connectivity index (χ4v) is 5.89. The summed E-state index contributed by atoms with van der Waals surface area (Å²) in [6, 6.07) is -1.81. The van der Waals surface area contributed by atoms with Crippen molar-refractivity contribution in [3.63, 3.8) is 0 Å². The molecule has 0 saturated carbocycles. The van der Waals surface area contributed by atoms with E-state index in [1.54, 1.807) is 4.72 Å². The smallest absolute Gasteiger partial charge is 0.322 e. The summed E-state index contributed by atoms with van der Waals surface area (Å²) in [6.45, 7) is 0. The Kier molecular flexibility index (Phi) is 4.53. The molecule has 1 aliphatic heterocycles. The molecule has 1 rings (SSSR count). The van der Waals surface area contributed by atoms with E-state index in [1.807, 2.05) is 0 Å². The molecule has 0 aromatic heterocycles. The van der Waals surface area contributed by atoms with Crippen molar-refractivity contribution >= 4 is 31.8 Å². The molecule has 110 valence electrons. The van der Waals surface area contributed by atoms with E-state index >= 15 is 0 Å². The number of carboxylic acid groups (broad SMARTS) is 2. The first kappa shape index (κ1) is 15.9. The molecule has 1 saturated heterocycles. The van der Waals surface area contributed by atoms with E-state index in [-0.39, 0.29) is 12.2 Å². The molecule has 2 atom stereocenters. The Balaban J connectivity index is 2.83. The fraction of sp³-hybridized carbons (Fsp3) is 0.750. The highest BCUT2D eigenvalue weighted by Crippen LogP contribution is 2.18. The van der Waals surface area contributed by atoms with Gasteiger partial charge in [-0.2, -0.15) is 0 Å². The molecule has 0 aromatic rings. The average Bonchev–Trinajstić information content (AvgIpc) is 2.57. The number of rotatable bonds is 6. The molecule has 19 heavy (non-hydrogen) atoms. The zero-order valence-corrected chi connectivity index (χ0v) is 11.3. The maximum Gasteiger partial charge on any atom is 0.322 e. The summed E-state index contributed by atoms with van der Waals surface area (Å²) < 4.78 is 47.7. The molecule has 0 aliphatic carbocycles. The van der Waals surface area contributed by atoms with Gasteiger partial charge in [0.25, 0.3) is 0 Å². The van der Waals surface area contributed by atoms with E-state index < -0.39 is 55.3 Å². The average molecular weight is 315 g/mol. The first-order valence-electron chi connectivity index (χ1n) is 5.19. The Labute approximate surface area is 109 Å². The number of sulfone groups is 1. The molecule has 1 aliphatic rings. The Bertz CT molecular complexity index is 578. The summed E-state index contributed by atoms with van der Waals surface area (Å²) in [5, 5.41) is 16.0. The van der Waals surface area contributed by atoms with Gasteiger partial charge in [-0.3, -0.25) is 9.59 Å². The van der Waals surface area contributed by atoms with Gasteiger partial charge >= 0.3 is 11.9 Å². The maximum absolute atomic E-state index is 11.8. The van der Waals surface area contributed by atoms with Gasteiger partial charge in [-0.1, -0.05) is 0 Å². The van der Waals surface area contributed by atoms with Gasteiger partial charge in [0.2, 0.25) is 10.0 Å². The van der Waals surface area contributed by atoms with Gasteiger partial charge in [0.15, 0.2) is 9.84 Å². The lowest BCUT2D eigenvalue weighted by Gasteiger charge is -2.16. The van der Waals surface area contributed by atoms with Crippen molar-refractivity contribution in [2.24, 2.45) is 0 Å². The highest BCUT2D eigenvalue weighted by Gasteiger charge is 2.39. The third-order valence-electron chi connectivity index (χ3n) is 2.61. The van der Waals surface area contributed by atoms with E-state index in [0.717, 1.165) is 0 Å². The van der Waals surface area contributed by atoms with Crippen LogP contribution in [-0.2, 0) is 29.4 Å².